The van der Waals surface area contributed by atoms with Gasteiger partial charge in [-0.05, 0) is 149 Å². The number of phenolic OH excluding ortho intramolecular Hbond substituents is 2. The molecule has 4 aliphatic carbocycles. The number of rotatable bonds is 2. The van der Waals surface area contributed by atoms with Crippen molar-refractivity contribution < 1.29 is 19.7 Å². The van der Waals surface area contributed by atoms with Crippen LogP contribution in [-0.4, -0.2) is 17.0 Å². The summed E-state index contributed by atoms with van der Waals surface area (Å²) >= 11 is 0. The minimum atomic E-state index is 0.1000. The highest BCUT2D eigenvalue weighted by Crippen LogP contribution is 2.60. The maximum Gasteiger partial charge on any atom is 0.231 e. The SMILES string of the molecule is CC(C)=C[C@@H]1C[C@H](C)[C@H]2CC[C@H](C)c3c(O)c(O)c(C)c1c32.CC(C)=C[C@@H]1C[C@H](C)[C@H]2CC[C@H](C)c3c4c(c(C)c1c32)OCO4. The largest absolute Gasteiger partial charge is 0.504 e. The molecule has 2 N–H and O–H groups in total. The van der Waals surface area contributed by atoms with Crippen LogP contribution in [0.3, 0.4) is 0 Å². The van der Waals surface area contributed by atoms with Crippen LogP contribution in [0.2, 0.25) is 0 Å². The lowest BCUT2D eigenvalue weighted by atomic mass is 9.62. The molecule has 244 valence electrons. The molecular weight excluding hydrogens is 556 g/mol. The van der Waals surface area contributed by atoms with E-state index in [1.807, 2.05) is 6.92 Å². The molecule has 45 heavy (non-hydrogen) atoms. The fraction of sp³-hybridized carbons (Fsp3) is 0.610. The average molecular weight is 613 g/mol. The first-order valence-electron chi connectivity index (χ1n) is 17.7. The first kappa shape index (κ1) is 32.1. The van der Waals surface area contributed by atoms with Crippen LogP contribution in [0.25, 0.3) is 0 Å². The fourth-order valence-electron chi connectivity index (χ4n) is 10.0. The van der Waals surface area contributed by atoms with Gasteiger partial charge in [-0.3, -0.25) is 0 Å². The molecular formula is C41H56O4. The van der Waals surface area contributed by atoms with Gasteiger partial charge in [0.15, 0.2) is 23.0 Å². The Morgan fingerprint density at radius 2 is 1.04 bits per heavy atom. The van der Waals surface area contributed by atoms with E-state index in [1.54, 1.807) is 11.1 Å². The van der Waals surface area contributed by atoms with E-state index in [2.05, 4.69) is 74.5 Å². The molecule has 2 aromatic rings. The van der Waals surface area contributed by atoms with Gasteiger partial charge in [-0.2, -0.15) is 0 Å². The lowest BCUT2D eigenvalue weighted by Crippen LogP contribution is -2.28. The van der Waals surface area contributed by atoms with Gasteiger partial charge in [0.2, 0.25) is 6.79 Å². The number of benzene rings is 2. The molecule has 7 rings (SSSR count). The van der Waals surface area contributed by atoms with E-state index in [9.17, 15) is 10.2 Å². The number of hydrogen-bond acceptors (Lipinski definition) is 4. The normalized spacial score (nSPS) is 30.4. The zero-order valence-corrected chi connectivity index (χ0v) is 29.4. The van der Waals surface area contributed by atoms with Gasteiger partial charge in [0.1, 0.15) is 0 Å². The molecule has 0 aromatic heterocycles. The van der Waals surface area contributed by atoms with Crippen molar-refractivity contribution in [2.24, 2.45) is 11.8 Å². The quantitative estimate of drug-likeness (QED) is 0.262. The monoisotopic (exact) mass is 612 g/mol. The van der Waals surface area contributed by atoms with E-state index in [4.69, 9.17) is 9.47 Å². The second kappa shape index (κ2) is 12.0. The van der Waals surface area contributed by atoms with Crippen LogP contribution in [0.15, 0.2) is 23.3 Å². The van der Waals surface area contributed by atoms with Crippen LogP contribution in [0.4, 0.5) is 0 Å². The summed E-state index contributed by atoms with van der Waals surface area (Å²) in [6, 6.07) is 0. The fourth-order valence-corrected chi connectivity index (χ4v) is 10.0. The molecule has 5 aliphatic rings. The molecule has 0 bridgehead atoms. The summed E-state index contributed by atoms with van der Waals surface area (Å²) in [5.74, 6) is 6.72. The van der Waals surface area contributed by atoms with Crippen LogP contribution in [0.5, 0.6) is 23.0 Å². The van der Waals surface area contributed by atoms with Crippen molar-refractivity contribution in [2.45, 2.75) is 143 Å². The molecule has 0 unspecified atom stereocenters. The summed E-state index contributed by atoms with van der Waals surface area (Å²) in [6.07, 6.45) is 12.1. The number of fused-ring (bicyclic) bond motifs is 2. The van der Waals surface area contributed by atoms with Gasteiger partial charge in [-0.1, -0.05) is 51.0 Å². The molecule has 8 atom stereocenters. The zero-order chi connectivity index (χ0) is 32.5. The lowest BCUT2D eigenvalue weighted by Gasteiger charge is -2.43. The van der Waals surface area contributed by atoms with Crippen LogP contribution in [0, 0.1) is 25.7 Å². The van der Waals surface area contributed by atoms with Crippen LogP contribution >= 0.6 is 0 Å². The molecule has 0 spiro atoms. The van der Waals surface area contributed by atoms with Gasteiger partial charge in [0, 0.05) is 23.0 Å². The van der Waals surface area contributed by atoms with E-state index < -0.39 is 0 Å². The predicted molar refractivity (Wildman–Crippen MR) is 184 cm³/mol. The van der Waals surface area contributed by atoms with E-state index >= 15 is 0 Å². The Bertz CT molecular complexity index is 1550. The van der Waals surface area contributed by atoms with E-state index in [0.717, 1.165) is 41.4 Å². The van der Waals surface area contributed by atoms with E-state index in [0.29, 0.717) is 48.2 Å². The summed E-state index contributed by atoms with van der Waals surface area (Å²) < 4.78 is 11.8. The molecule has 0 saturated heterocycles. The van der Waals surface area contributed by atoms with Crippen molar-refractivity contribution in [1.82, 2.24) is 0 Å². The lowest BCUT2D eigenvalue weighted by molar-refractivity contribution is 0.172. The topological polar surface area (TPSA) is 58.9 Å². The van der Waals surface area contributed by atoms with E-state index in [1.165, 1.54) is 59.1 Å². The van der Waals surface area contributed by atoms with Crippen LogP contribution in [0.1, 0.15) is 174 Å². The van der Waals surface area contributed by atoms with Crippen LogP contribution in [-0.2, 0) is 0 Å². The second-order valence-electron chi connectivity index (χ2n) is 15.8. The Kier molecular flexibility index (Phi) is 8.59. The van der Waals surface area contributed by atoms with E-state index in [-0.39, 0.29) is 11.5 Å². The van der Waals surface area contributed by atoms with Gasteiger partial charge >= 0.3 is 0 Å². The Morgan fingerprint density at radius 1 is 0.578 bits per heavy atom. The molecule has 4 nitrogen and oxygen atoms in total. The van der Waals surface area contributed by atoms with Crippen molar-refractivity contribution in [3.8, 4) is 23.0 Å². The van der Waals surface area contributed by atoms with Gasteiger partial charge in [0.05, 0.1) is 0 Å². The van der Waals surface area contributed by atoms with Gasteiger partial charge < -0.3 is 19.7 Å². The number of aromatic hydroxyl groups is 2. The molecule has 0 radical (unpaired) electrons. The van der Waals surface area contributed by atoms with Gasteiger partial charge in [-0.25, -0.2) is 0 Å². The maximum atomic E-state index is 10.5. The van der Waals surface area contributed by atoms with Gasteiger partial charge in [-0.15, -0.1) is 0 Å². The number of hydrogen-bond donors (Lipinski definition) is 2. The molecule has 0 saturated carbocycles. The van der Waals surface area contributed by atoms with Crippen molar-refractivity contribution in [3.63, 3.8) is 0 Å². The minimum Gasteiger partial charge on any atom is -0.504 e. The molecule has 0 amide bonds. The Hall–Kier alpha value is -2.88. The number of allylic oxidation sites excluding steroid dienone is 4. The Morgan fingerprint density at radius 3 is 1.58 bits per heavy atom. The summed E-state index contributed by atoms with van der Waals surface area (Å²) in [4.78, 5) is 0. The summed E-state index contributed by atoms with van der Waals surface area (Å²) in [6.45, 7) is 22.6. The van der Waals surface area contributed by atoms with Crippen molar-refractivity contribution >= 4 is 0 Å². The third-order valence-corrected chi connectivity index (χ3v) is 12.0. The van der Waals surface area contributed by atoms with Gasteiger partial charge in [0.25, 0.3) is 0 Å². The van der Waals surface area contributed by atoms with Crippen molar-refractivity contribution in [3.05, 3.63) is 67.8 Å². The zero-order valence-electron chi connectivity index (χ0n) is 29.4. The molecule has 0 fully saturated rings. The minimum absolute atomic E-state index is 0.1000. The first-order chi connectivity index (χ1) is 21.3. The molecule has 2 aromatic carbocycles. The third kappa shape index (κ3) is 5.28. The maximum absolute atomic E-state index is 10.5. The highest BCUT2D eigenvalue weighted by atomic mass is 16.7. The highest BCUT2D eigenvalue weighted by Gasteiger charge is 2.43. The number of phenols is 2. The van der Waals surface area contributed by atoms with Crippen molar-refractivity contribution in [2.75, 3.05) is 6.79 Å². The third-order valence-electron chi connectivity index (χ3n) is 12.0. The smallest absolute Gasteiger partial charge is 0.231 e. The first-order valence-corrected chi connectivity index (χ1v) is 17.7. The Labute approximate surface area is 271 Å². The van der Waals surface area contributed by atoms with Crippen molar-refractivity contribution in [1.29, 1.82) is 0 Å². The predicted octanol–water partition coefficient (Wildman–Crippen LogP) is 11.3. The highest BCUT2D eigenvalue weighted by molar-refractivity contribution is 5.66. The average Bonchev–Trinajstić information content (AvgIpc) is 3.45. The second-order valence-corrected chi connectivity index (χ2v) is 15.8. The molecule has 1 heterocycles. The summed E-state index contributed by atoms with van der Waals surface area (Å²) in [5, 5.41) is 21.0. The molecule has 1 aliphatic heterocycles. The standard InChI is InChI=1S/C21H28O2.C20H28O2/c1-11(2)8-15-9-13(4)16-7-6-12(3)17-19(16)18(15)14(5)20-21(17)23-10-22-20;1-10(2)8-14-9-12(4)15-7-6-11(3)16-18(15)17(14)13(5)19(21)20(16)22/h8,12-13,15-16H,6-7,9-10H2,1-5H3;8,11-12,14-15,21-22H,6-7,9H2,1-5H3/t12-,13-,15+,16+;11-,12-,14+,15+/m00/s1. The van der Waals surface area contributed by atoms with Crippen LogP contribution < -0.4 is 9.47 Å². The summed E-state index contributed by atoms with van der Waals surface area (Å²) in [5.41, 5.74) is 13.2. The number of ether oxygens (including phenoxy) is 2. The summed E-state index contributed by atoms with van der Waals surface area (Å²) in [7, 11) is 0. The molecule has 4 heteroatoms. The Balaban J connectivity index is 0.000000159.